The first kappa shape index (κ1) is 11.1. The normalized spacial score (nSPS) is 11.1. The molecule has 0 aliphatic rings. The van der Waals surface area contributed by atoms with Crippen LogP contribution in [0.25, 0.3) is 0 Å². The van der Waals surface area contributed by atoms with E-state index in [4.69, 9.17) is 5.11 Å². The smallest absolute Gasteiger partial charge is 0.213 e. The molecule has 0 bridgehead atoms. The average Bonchev–Trinajstić information content (AvgIpc) is 2.65. The summed E-state index contributed by atoms with van der Waals surface area (Å²) in [4.78, 5) is 6.08. The summed E-state index contributed by atoms with van der Waals surface area (Å²) in [7, 11) is 2.02. The molecule has 1 rings (SSSR count). The molecule has 0 aliphatic carbocycles. The monoisotopic (exact) mass is 199 g/mol. The third kappa shape index (κ3) is 4.34. The molecule has 0 radical (unpaired) electrons. The van der Waals surface area contributed by atoms with Crippen molar-refractivity contribution in [2.45, 2.75) is 25.8 Å². The molecule has 5 heteroatoms. The van der Waals surface area contributed by atoms with E-state index in [-0.39, 0.29) is 6.61 Å². The van der Waals surface area contributed by atoms with Gasteiger partial charge < -0.3 is 9.63 Å². The third-order valence-corrected chi connectivity index (χ3v) is 2.02. The number of aliphatic hydroxyl groups is 1. The van der Waals surface area contributed by atoms with Crippen molar-refractivity contribution in [3.8, 4) is 0 Å². The predicted octanol–water partition coefficient (Wildman–Crippen LogP) is 0.664. The van der Waals surface area contributed by atoms with Crippen LogP contribution in [0.3, 0.4) is 0 Å². The number of aromatic nitrogens is 2. The fraction of sp³-hybridized carbons (Fsp3) is 0.778. The number of rotatable bonds is 7. The summed E-state index contributed by atoms with van der Waals surface area (Å²) in [5, 5.41) is 12.3. The number of hydrogen-bond donors (Lipinski definition) is 1. The van der Waals surface area contributed by atoms with Crippen molar-refractivity contribution in [1.82, 2.24) is 15.0 Å². The van der Waals surface area contributed by atoms with Crippen LogP contribution in [0.2, 0.25) is 0 Å². The summed E-state index contributed by atoms with van der Waals surface area (Å²) >= 11 is 0. The molecule has 0 unspecified atom stereocenters. The van der Waals surface area contributed by atoms with Gasteiger partial charge in [0.1, 0.15) is 0 Å². The van der Waals surface area contributed by atoms with Crippen LogP contribution in [0.5, 0.6) is 0 Å². The number of hydrogen-bond acceptors (Lipinski definition) is 5. The molecule has 0 fully saturated rings. The highest BCUT2D eigenvalue weighted by Crippen LogP contribution is 2.00. The van der Waals surface area contributed by atoms with E-state index in [9.17, 15) is 0 Å². The Labute approximate surface area is 83.7 Å². The van der Waals surface area contributed by atoms with Crippen LogP contribution in [0.15, 0.2) is 10.9 Å². The SMILES string of the molecule is CN(CCCCCO)Cc1ncon1. The molecular weight excluding hydrogens is 182 g/mol. The number of aliphatic hydroxyl groups excluding tert-OH is 1. The van der Waals surface area contributed by atoms with Gasteiger partial charge in [-0.2, -0.15) is 4.98 Å². The Morgan fingerprint density at radius 1 is 1.43 bits per heavy atom. The van der Waals surface area contributed by atoms with Gasteiger partial charge >= 0.3 is 0 Å². The summed E-state index contributed by atoms with van der Waals surface area (Å²) in [6, 6.07) is 0. The van der Waals surface area contributed by atoms with E-state index in [1.165, 1.54) is 6.39 Å². The fourth-order valence-electron chi connectivity index (χ4n) is 1.25. The van der Waals surface area contributed by atoms with Gasteiger partial charge in [-0.15, -0.1) is 0 Å². The Kier molecular flexibility index (Phi) is 5.17. The Morgan fingerprint density at radius 2 is 2.29 bits per heavy atom. The third-order valence-electron chi connectivity index (χ3n) is 2.02. The highest BCUT2D eigenvalue weighted by atomic mass is 16.5. The van der Waals surface area contributed by atoms with E-state index in [0.717, 1.165) is 38.2 Å². The van der Waals surface area contributed by atoms with E-state index in [1.807, 2.05) is 7.05 Å². The lowest BCUT2D eigenvalue weighted by Crippen LogP contribution is -2.19. The maximum atomic E-state index is 8.59. The molecule has 0 aromatic carbocycles. The average molecular weight is 199 g/mol. The van der Waals surface area contributed by atoms with Crippen LogP contribution in [0.4, 0.5) is 0 Å². The second-order valence-electron chi connectivity index (χ2n) is 3.37. The van der Waals surface area contributed by atoms with Gasteiger partial charge in [0.25, 0.3) is 0 Å². The van der Waals surface area contributed by atoms with Gasteiger partial charge in [-0.05, 0) is 32.9 Å². The lowest BCUT2D eigenvalue weighted by molar-refractivity contribution is 0.268. The molecule has 0 aliphatic heterocycles. The van der Waals surface area contributed by atoms with Crippen LogP contribution in [0, 0.1) is 0 Å². The molecule has 0 spiro atoms. The minimum Gasteiger partial charge on any atom is -0.396 e. The minimum absolute atomic E-state index is 0.286. The second kappa shape index (κ2) is 6.50. The maximum Gasteiger partial charge on any atom is 0.213 e. The van der Waals surface area contributed by atoms with Crippen LogP contribution in [0.1, 0.15) is 25.1 Å². The largest absolute Gasteiger partial charge is 0.396 e. The van der Waals surface area contributed by atoms with Gasteiger partial charge in [-0.3, -0.25) is 4.90 Å². The molecule has 1 aromatic heterocycles. The molecule has 5 nitrogen and oxygen atoms in total. The molecule has 1 aromatic rings. The quantitative estimate of drug-likeness (QED) is 0.654. The van der Waals surface area contributed by atoms with E-state index in [1.54, 1.807) is 0 Å². The lowest BCUT2D eigenvalue weighted by Gasteiger charge is -2.13. The van der Waals surface area contributed by atoms with Gasteiger partial charge in [-0.1, -0.05) is 5.16 Å². The van der Waals surface area contributed by atoms with Crippen molar-refractivity contribution in [2.24, 2.45) is 0 Å². The van der Waals surface area contributed by atoms with Gasteiger partial charge in [0.2, 0.25) is 6.39 Å². The molecule has 0 saturated carbocycles. The zero-order valence-electron chi connectivity index (χ0n) is 8.52. The molecule has 0 saturated heterocycles. The maximum absolute atomic E-state index is 8.59. The van der Waals surface area contributed by atoms with Crippen molar-refractivity contribution in [2.75, 3.05) is 20.2 Å². The minimum atomic E-state index is 0.286. The van der Waals surface area contributed by atoms with Crippen molar-refractivity contribution >= 4 is 0 Å². The van der Waals surface area contributed by atoms with Crippen LogP contribution < -0.4 is 0 Å². The highest BCUT2D eigenvalue weighted by Gasteiger charge is 2.03. The Balaban J connectivity index is 2.07. The molecule has 1 heterocycles. The molecular formula is C9H17N3O2. The molecule has 1 N–H and O–H groups in total. The van der Waals surface area contributed by atoms with Gasteiger partial charge in [0, 0.05) is 6.61 Å². The summed E-state index contributed by atoms with van der Waals surface area (Å²) < 4.78 is 4.64. The van der Waals surface area contributed by atoms with Gasteiger partial charge in [0.15, 0.2) is 5.82 Å². The Morgan fingerprint density at radius 3 is 2.93 bits per heavy atom. The predicted molar refractivity (Wildman–Crippen MR) is 51.6 cm³/mol. The zero-order chi connectivity index (χ0) is 10.2. The zero-order valence-corrected chi connectivity index (χ0v) is 8.52. The molecule has 14 heavy (non-hydrogen) atoms. The van der Waals surface area contributed by atoms with E-state index in [2.05, 4.69) is 19.6 Å². The van der Waals surface area contributed by atoms with E-state index < -0.39 is 0 Å². The van der Waals surface area contributed by atoms with Gasteiger partial charge in [0.05, 0.1) is 6.54 Å². The van der Waals surface area contributed by atoms with Crippen LogP contribution in [-0.4, -0.2) is 40.3 Å². The first-order valence-corrected chi connectivity index (χ1v) is 4.87. The van der Waals surface area contributed by atoms with Crippen LogP contribution >= 0.6 is 0 Å². The summed E-state index contributed by atoms with van der Waals surface area (Å²) in [6.07, 6.45) is 4.38. The fourth-order valence-corrected chi connectivity index (χ4v) is 1.25. The standard InChI is InChI=1S/C9H17N3O2/c1-12(5-3-2-4-6-13)7-9-10-8-14-11-9/h8,13H,2-7H2,1H3. The van der Waals surface area contributed by atoms with E-state index in [0.29, 0.717) is 0 Å². The van der Waals surface area contributed by atoms with Crippen molar-refractivity contribution in [1.29, 1.82) is 0 Å². The Hall–Kier alpha value is -0.940. The van der Waals surface area contributed by atoms with Crippen molar-refractivity contribution in [3.05, 3.63) is 12.2 Å². The molecule has 0 atom stereocenters. The van der Waals surface area contributed by atoms with Crippen molar-refractivity contribution in [3.63, 3.8) is 0 Å². The number of nitrogens with zero attached hydrogens (tertiary/aromatic N) is 3. The van der Waals surface area contributed by atoms with E-state index >= 15 is 0 Å². The summed E-state index contributed by atoms with van der Waals surface area (Å²) in [5.74, 6) is 0.717. The Bertz CT molecular complexity index is 226. The molecule has 0 amide bonds. The van der Waals surface area contributed by atoms with Gasteiger partial charge in [-0.25, -0.2) is 0 Å². The summed E-state index contributed by atoms with van der Waals surface area (Å²) in [5.41, 5.74) is 0. The second-order valence-corrected chi connectivity index (χ2v) is 3.37. The molecule has 80 valence electrons. The topological polar surface area (TPSA) is 62.4 Å². The highest BCUT2D eigenvalue weighted by molar-refractivity contribution is 4.76. The first-order valence-electron chi connectivity index (χ1n) is 4.87. The lowest BCUT2D eigenvalue weighted by atomic mass is 10.2. The first-order chi connectivity index (χ1) is 6.83. The number of unbranched alkanes of at least 4 members (excludes halogenated alkanes) is 2. The summed E-state index contributed by atoms with van der Waals surface area (Å²) in [6.45, 7) is 2.00. The van der Waals surface area contributed by atoms with Crippen molar-refractivity contribution < 1.29 is 9.63 Å². The van der Waals surface area contributed by atoms with Crippen LogP contribution in [-0.2, 0) is 6.54 Å².